The van der Waals surface area contributed by atoms with Gasteiger partial charge in [-0.2, -0.15) is 0 Å². The standard InChI is InChI=1S/C5H8O2S/c1-4(6)8-5-2-7-3-5/h5H,2-3H2,1H3. The van der Waals surface area contributed by atoms with Gasteiger partial charge in [-0.3, -0.25) is 4.79 Å². The van der Waals surface area contributed by atoms with Crippen LogP contribution in [0.4, 0.5) is 0 Å². The number of carbonyl (C=O) groups is 1. The number of thioether (sulfide) groups is 1. The second-order valence-corrected chi connectivity index (χ2v) is 3.25. The van der Waals surface area contributed by atoms with Gasteiger partial charge >= 0.3 is 0 Å². The van der Waals surface area contributed by atoms with E-state index in [1.54, 1.807) is 6.92 Å². The molecule has 0 aromatic heterocycles. The van der Waals surface area contributed by atoms with Crippen LogP contribution in [0.5, 0.6) is 0 Å². The fraction of sp³-hybridized carbons (Fsp3) is 0.800. The van der Waals surface area contributed by atoms with E-state index >= 15 is 0 Å². The summed E-state index contributed by atoms with van der Waals surface area (Å²) in [6, 6.07) is 0. The maximum absolute atomic E-state index is 10.4. The molecule has 1 aliphatic heterocycles. The quantitative estimate of drug-likeness (QED) is 0.524. The molecule has 1 aliphatic rings. The van der Waals surface area contributed by atoms with Crippen LogP contribution in [0.2, 0.25) is 0 Å². The van der Waals surface area contributed by atoms with Gasteiger partial charge in [0.15, 0.2) is 5.12 Å². The SMILES string of the molecule is CC(=O)SC1COC1. The number of hydrogen-bond acceptors (Lipinski definition) is 3. The molecule has 1 saturated heterocycles. The summed E-state index contributed by atoms with van der Waals surface area (Å²) >= 11 is 1.38. The van der Waals surface area contributed by atoms with Gasteiger partial charge in [0, 0.05) is 6.92 Å². The van der Waals surface area contributed by atoms with Crippen molar-refractivity contribution in [2.75, 3.05) is 13.2 Å². The monoisotopic (exact) mass is 132 g/mol. The Morgan fingerprint density at radius 1 is 1.75 bits per heavy atom. The summed E-state index contributed by atoms with van der Waals surface area (Å²) in [4.78, 5) is 10.4. The molecular formula is C5H8O2S. The van der Waals surface area contributed by atoms with E-state index in [4.69, 9.17) is 4.74 Å². The van der Waals surface area contributed by atoms with E-state index in [0.29, 0.717) is 5.25 Å². The number of rotatable bonds is 1. The third-order valence-corrected chi connectivity index (χ3v) is 1.88. The molecule has 1 fully saturated rings. The van der Waals surface area contributed by atoms with Crippen molar-refractivity contribution < 1.29 is 9.53 Å². The highest BCUT2D eigenvalue weighted by Gasteiger charge is 2.20. The van der Waals surface area contributed by atoms with Crippen LogP contribution in [0.25, 0.3) is 0 Å². The van der Waals surface area contributed by atoms with Crippen LogP contribution in [0, 0.1) is 0 Å². The molecule has 0 spiro atoms. The summed E-state index contributed by atoms with van der Waals surface area (Å²) in [5.41, 5.74) is 0. The van der Waals surface area contributed by atoms with Crippen LogP contribution < -0.4 is 0 Å². The Morgan fingerprint density at radius 2 is 2.38 bits per heavy atom. The van der Waals surface area contributed by atoms with Gasteiger partial charge in [-0.25, -0.2) is 0 Å². The second-order valence-electron chi connectivity index (χ2n) is 1.77. The van der Waals surface area contributed by atoms with E-state index in [9.17, 15) is 4.79 Å². The number of ether oxygens (including phenoxy) is 1. The Kier molecular flexibility index (Phi) is 1.91. The molecule has 8 heavy (non-hydrogen) atoms. The van der Waals surface area contributed by atoms with Gasteiger partial charge in [0.1, 0.15) is 0 Å². The van der Waals surface area contributed by atoms with Gasteiger partial charge in [0.05, 0.1) is 18.5 Å². The van der Waals surface area contributed by atoms with Gasteiger partial charge < -0.3 is 4.74 Å². The fourth-order valence-corrected chi connectivity index (χ4v) is 1.31. The van der Waals surface area contributed by atoms with Crippen LogP contribution in [0.15, 0.2) is 0 Å². The first-order valence-electron chi connectivity index (χ1n) is 2.54. The minimum absolute atomic E-state index is 0.193. The molecule has 1 heterocycles. The average Bonchev–Trinajstić information content (AvgIpc) is 1.55. The zero-order chi connectivity index (χ0) is 5.98. The Bertz CT molecular complexity index is 98.6. The molecule has 0 amide bonds. The summed E-state index contributed by atoms with van der Waals surface area (Å²) < 4.78 is 4.86. The van der Waals surface area contributed by atoms with E-state index in [-0.39, 0.29) is 5.12 Å². The van der Waals surface area contributed by atoms with Crippen molar-refractivity contribution in [3.8, 4) is 0 Å². The van der Waals surface area contributed by atoms with Gasteiger partial charge in [-0.1, -0.05) is 11.8 Å². The van der Waals surface area contributed by atoms with Gasteiger partial charge in [0.25, 0.3) is 0 Å². The number of hydrogen-bond donors (Lipinski definition) is 0. The van der Waals surface area contributed by atoms with Gasteiger partial charge in [0.2, 0.25) is 0 Å². The van der Waals surface area contributed by atoms with Crippen molar-refractivity contribution in [3.05, 3.63) is 0 Å². The van der Waals surface area contributed by atoms with Crippen molar-refractivity contribution in [2.24, 2.45) is 0 Å². The lowest BCUT2D eigenvalue weighted by atomic mass is 10.4. The van der Waals surface area contributed by atoms with E-state index < -0.39 is 0 Å². The first-order valence-corrected chi connectivity index (χ1v) is 3.42. The molecule has 0 aliphatic carbocycles. The molecule has 2 nitrogen and oxygen atoms in total. The van der Waals surface area contributed by atoms with Crippen LogP contribution in [0.3, 0.4) is 0 Å². The maximum atomic E-state index is 10.4. The lowest BCUT2D eigenvalue weighted by Gasteiger charge is -2.23. The normalized spacial score (nSPS) is 20.1. The van der Waals surface area contributed by atoms with E-state index in [2.05, 4.69) is 0 Å². The third-order valence-electron chi connectivity index (χ3n) is 0.940. The molecule has 0 aromatic carbocycles. The van der Waals surface area contributed by atoms with Crippen molar-refractivity contribution in [1.82, 2.24) is 0 Å². The zero-order valence-electron chi connectivity index (χ0n) is 4.72. The second kappa shape index (κ2) is 2.51. The van der Waals surface area contributed by atoms with Gasteiger partial charge in [-0.15, -0.1) is 0 Å². The minimum atomic E-state index is 0.193. The summed E-state index contributed by atoms with van der Waals surface area (Å²) in [5.74, 6) is 0. The van der Waals surface area contributed by atoms with Crippen LogP contribution in [-0.4, -0.2) is 23.6 Å². The van der Waals surface area contributed by atoms with Crippen LogP contribution in [-0.2, 0) is 9.53 Å². The summed E-state index contributed by atoms with van der Waals surface area (Å²) in [6.45, 7) is 3.09. The molecular weight excluding hydrogens is 124 g/mol. The lowest BCUT2D eigenvalue weighted by Crippen LogP contribution is -2.31. The zero-order valence-corrected chi connectivity index (χ0v) is 5.53. The smallest absolute Gasteiger partial charge is 0.186 e. The summed E-state index contributed by atoms with van der Waals surface area (Å²) in [5, 5.41) is 0.644. The predicted molar refractivity (Wildman–Crippen MR) is 32.9 cm³/mol. The van der Waals surface area contributed by atoms with E-state index in [1.165, 1.54) is 11.8 Å². The highest BCUT2D eigenvalue weighted by Crippen LogP contribution is 2.18. The van der Waals surface area contributed by atoms with Crippen molar-refractivity contribution >= 4 is 16.9 Å². The van der Waals surface area contributed by atoms with Crippen molar-refractivity contribution in [3.63, 3.8) is 0 Å². The molecule has 1 rings (SSSR count). The average molecular weight is 132 g/mol. The molecule has 0 saturated carbocycles. The van der Waals surface area contributed by atoms with Gasteiger partial charge in [-0.05, 0) is 0 Å². The fourth-order valence-electron chi connectivity index (χ4n) is 0.517. The van der Waals surface area contributed by atoms with E-state index in [0.717, 1.165) is 13.2 Å². The molecule has 0 aromatic rings. The molecule has 0 N–H and O–H groups in total. The highest BCUT2D eigenvalue weighted by molar-refractivity contribution is 8.14. The maximum Gasteiger partial charge on any atom is 0.186 e. The summed E-state index contributed by atoms with van der Waals surface area (Å²) in [6.07, 6.45) is 0. The largest absolute Gasteiger partial charge is 0.379 e. The van der Waals surface area contributed by atoms with Crippen LogP contribution >= 0.6 is 11.8 Å². The molecule has 0 unspecified atom stereocenters. The van der Waals surface area contributed by atoms with Crippen molar-refractivity contribution in [2.45, 2.75) is 12.2 Å². The first kappa shape index (κ1) is 6.11. The Morgan fingerprint density at radius 3 is 2.50 bits per heavy atom. The molecule has 0 radical (unpaired) electrons. The van der Waals surface area contributed by atoms with E-state index in [1.807, 2.05) is 0 Å². The Balaban J connectivity index is 2.09. The molecule has 0 atom stereocenters. The topological polar surface area (TPSA) is 26.3 Å². The first-order chi connectivity index (χ1) is 3.79. The molecule has 0 bridgehead atoms. The molecule has 3 heteroatoms. The lowest BCUT2D eigenvalue weighted by molar-refractivity contribution is -0.109. The van der Waals surface area contributed by atoms with Crippen LogP contribution in [0.1, 0.15) is 6.92 Å². The molecule has 46 valence electrons. The van der Waals surface area contributed by atoms with Crippen molar-refractivity contribution in [1.29, 1.82) is 0 Å². The minimum Gasteiger partial charge on any atom is -0.379 e. The summed E-state index contributed by atoms with van der Waals surface area (Å²) in [7, 11) is 0. The predicted octanol–water partition coefficient (Wildman–Crippen LogP) is 0.665. The Labute approximate surface area is 52.6 Å². The Hall–Kier alpha value is -0.0200. The third kappa shape index (κ3) is 1.49. The highest BCUT2D eigenvalue weighted by atomic mass is 32.2. The number of carbonyl (C=O) groups excluding carboxylic acids is 1.